The van der Waals surface area contributed by atoms with Crippen LogP contribution in [-0.2, 0) is 16.1 Å². The van der Waals surface area contributed by atoms with E-state index in [1.165, 1.54) is 11.3 Å². The lowest BCUT2D eigenvalue weighted by atomic mass is 9.93. The SMILES string of the molecule is CCOC(=O)C1=C(c2ccccc2)N=c2s/c(=C\c3ccc(OCc4ccc(Br)cc4)c(OCC)c3)c(=O)n2[C@@H]1c1ccc(OC)cc1. The normalized spacial score (nSPS) is 14.2. The molecular formula is C38H33BrN2O6S. The van der Waals surface area contributed by atoms with Gasteiger partial charge in [0.05, 0.1) is 42.2 Å². The van der Waals surface area contributed by atoms with Gasteiger partial charge in [-0.1, -0.05) is 87.9 Å². The largest absolute Gasteiger partial charge is 0.497 e. The van der Waals surface area contributed by atoms with Gasteiger partial charge in [-0.25, -0.2) is 9.79 Å². The van der Waals surface area contributed by atoms with Crippen LogP contribution in [0, 0.1) is 0 Å². The Labute approximate surface area is 290 Å². The van der Waals surface area contributed by atoms with Crippen molar-refractivity contribution < 1.29 is 23.7 Å². The van der Waals surface area contributed by atoms with E-state index < -0.39 is 12.0 Å². The van der Waals surface area contributed by atoms with Gasteiger partial charge >= 0.3 is 5.97 Å². The van der Waals surface area contributed by atoms with E-state index in [0.717, 1.165) is 26.7 Å². The Morgan fingerprint density at radius 1 is 0.917 bits per heavy atom. The molecule has 0 fully saturated rings. The number of hydrogen-bond donors (Lipinski definition) is 0. The highest BCUT2D eigenvalue weighted by molar-refractivity contribution is 9.10. The third-order valence-electron chi connectivity index (χ3n) is 7.68. The number of hydrogen-bond acceptors (Lipinski definition) is 8. The molecule has 8 nitrogen and oxygen atoms in total. The molecule has 48 heavy (non-hydrogen) atoms. The molecule has 0 saturated carbocycles. The fourth-order valence-electron chi connectivity index (χ4n) is 5.44. The van der Waals surface area contributed by atoms with Crippen LogP contribution in [0.15, 0.2) is 117 Å². The molecular weight excluding hydrogens is 692 g/mol. The van der Waals surface area contributed by atoms with E-state index in [4.69, 9.17) is 23.9 Å². The van der Waals surface area contributed by atoms with E-state index in [-0.39, 0.29) is 17.7 Å². The second kappa shape index (κ2) is 14.9. The van der Waals surface area contributed by atoms with E-state index >= 15 is 0 Å². The van der Waals surface area contributed by atoms with Gasteiger partial charge in [0.25, 0.3) is 5.56 Å². The molecule has 1 aliphatic heterocycles. The van der Waals surface area contributed by atoms with Gasteiger partial charge in [0.1, 0.15) is 12.4 Å². The van der Waals surface area contributed by atoms with Gasteiger partial charge in [0.2, 0.25) is 0 Å². The minimum absolute atomic E-state index is 0.176. The summed E-state index contributed by atoms with van der Waals surface area (Å²) in [6, 6.07) is 29.6. The number of esters is 1. The topological polar surface area (TPSA) is 88.4 Å². The summed E-state index contributed by atoms with van der Waals surface area (Å²) < 4.78 is 26.0. The number of fused-ring (bicyclic) bond motifs is 1. The average molecular weight is 726 g/mol. The third kappa shape index (κ3) is 7.00. The molecule has 244 valence electrons. The summed E-state index contributed by atoms with van der Waals surface area (Å²) >= 11 is 4.72. The molecule has 1 atom stereocenters. The van der Waals surface area contributed by atoms with Crippen LogP contribution in [0.4, 0.5) is 0 Å². The van der Waals surface area contributed by atoms with Gasteiger partial charge in [0.15, 0.2) is 16.3 Å². The van der Waals surface area contributed by atoms with Crippen LogP contribution in [0.3, 0.4) is 0 Å². The predicted octanol–water partition coefficient (Wildman–Crippen LogP) is 6.68. The maximum absolute atomic E-state index is 14.3. The van der Waals surface area contributed by atoms with Crippen molar-refractivity contribution in [2.45, 2.75) is 26.5 Å². The van der Waals surface area contributed by atoms with Gasteiger partial charge in [0, 0.05) is 10.0 Å². The zero-order valence-electron chi connectivity index (χ0n) is 26.6. The van der Waals surface area contributed by atoms with Crippen molar-refractivity contribution in [1.82, 2.24) is 4.57 Å². The number of carbonyl (C=O) groups excluding carboxylic acids is 1. The minimum Gasteiger partial charge on any atom is -0.497 e. The Kier molecular flexibility index (Phi) is 10.2. The number of benzene rings is 4. The van der Waals surface area contributed by atoms with Crippen molar-refractivity contribution in [3.63, 3.8) is 0 Å². The maximum atomic E-state index is 14.3. The monoisotopic (exact) mass is 724 g/mol. The van der Waals surface area contributed by atoms with Crippen LogP contribution < -0.4 is 29.1 Å². The highest BCUT2D eigenvalue weighted by atomic mass is 79.9. The van der Waals surface area contributed by atoms with Crippen LogP contribution in [0.5, 0.6) is 17.2 Å². The number of halogens is 1. The third-order valence-corrected chi connectivity index (χ3v) is 9.19. The number of nitrogens with zero attached hydrogens (tertiary/aromatic N) is 2. The summed E-state index contributed by atoms with van der Waals surface area (Å²) in [5, 5.41) is 0. The lowest BCUT2D eigenvalue weighted by Crippen LogP contribution is -2.40. The van der Waals surface area contributed by atoms with Gasteiger partial charge in [-0.05, 0) is 73.0 Å². The Morgan fingerprint density at radius 3 is 2.35 bits per heavy atom. The molecule has 0 radical (unpaired) electrons. The summed E-state index contributed by atoms with van der Waals surface area (Å²) in [4.78, 5) is 33.4. The van der Waals surface area contributed by atoms with Crippen molar-refractivity contribution in [3.05, 3.63) is 149 Å². The number of aromatic nitrogens is 1. The molecule has 0 unspecified atom stereocenters. The average Bonchev–Trinajstić information content (AvgIpc) is 3.42. The summed E-state index contributed by atoms with van der Waals surface area (Å²) in [6.45, 7) is 4.67. The van der Waals surface area contributed by atoms with E-state index in [2.05, 4.69) is 15.9 Å². The molecule has 4 aromatic carbocycles. The summed E-state index contributed by atoms with van der Waals surface area (Å²) in [5.74, 6) is 1.30. The number of methoxy groups -OCH3 is 1. The maximum Gasteiger partial charge on any atom is 0.338 e. The van der Waals surface area contributed by atoms with Gasteiger partial charge in [-0.15, -0.1) is 0 Å². The lowest BCUT2D eigenvalue weighted by Gasteiger charge is -2.26. The molecule has 0 N–H and O–H groups in total. The summed E-state index contributed by atoms with van der Waals surface area (Å²) in [7, 11) is 1.59. The second-order valence-electron chi connectivity index (χ2n) is 10.8. The number of thiazole rings is 1. The summed E-state index contributed by atoms with van der Waals surface area (Å²) in [5.41, 5.74) is 3.73. The molecule has 6 rings (SSSR count). The molecule has 0 bridgehead atoms. The first kappa shape index (κ1) is 33.0. The first-order valence-corrected chi connectivity index (χ1v) is 17.1. The molecule has 0 spiro atoms. The molecule has 1 aromatic heterocycles. The fourth-order valence-corrected chi connectivity index (χ4v) is 6.70. The molecule has 5 aromatic rings. The van der Waals surface area contributed by atoms with Gasteiger partial charge < -0.3 is 18.9 Å². The molecule has 1 aliphatic rings. The molecule has 10 heteroatoms. The van der Waals surface area contributed by atoms with Gasteiger partial charge in [-0.3, -0.25) is 9.36 Å². The summed E-state index contributed by atoms with van der Waals surface area (Å²) in [6.07, 6.45) is 1.81. The highest BCUT2D eigenvalue weighted by Crippen LogP contribution is 2.36. The van der Waals surface area contributed by atoms with E-state index in [9.17, 15) is 9.59 Å². The quantitative estimate of drug-likeness (QED) is 0.141. The van der Waals surface area contributed by atoms with E-state index in [1.807, 2.05) is 110 Å². The molecule has 0 amide bonds. The first-order chi connectivity index (χ1) is 23.4. The number of carbonyl (C=O) groups is 1. The molecule has 0 aliphatic carbocycles. The van der Waals surface area contributed by atoms with Crippen LogP contribution in [0.1, 0.15) is 42.1 Å². The number of rotatable bonds is 11. The van der Waals surface area contributed by atoms with E-state index in [1.54, 1.807) is 18.6 Å². The van der Waals surface area contributed by atoms with Crippen molar-refractivity contribution in [1.29, 1.82) is 0 Å². The van der Waals surface area contributed by atoms with E-state index in [0.29, 0.717) is 45.5 Å². The lowest BCUT2D eigenvalue weighted by molar-refractivity contribution is -0.138. The Bertz CT molecular complexity index is 2140. The molecule has 0 saturated heterocycles. The van der Waals surface area contributed by atoms with Crippen molar-refractivity contribution >= 4 is 45.0 Å². The first-order valence-electron chi connectivity index (χ1n) is 15.5. The standard InChI is InChI=1S/C38H33BrN2O6S/c1-4-45-31-21-25(13-20-30(31)47-23-24-11-16-28(39)17-12-24)22-32-36(42)41-35(27-14-18-29(44-3)19-15-27)33(37(43)46-5-2)34(40-38(41)48-32)26-9-7-6-8-10-26/h6-22,35H,4-5,23H2,1-3H3/b32-22-/t35-/m1/s1. The van der Waals surface area contributed by atoms with Crippen LogP contribution >= 0.6 is 27.3 Å². The van der Waals surface area contributed by atoms with Crippen LogP contribution in [0.2, 0.25) is 0 Å². The second-order valence-corrected chi connectivity index (χ2v) is 12.7. The fraction of sp³-hybridized carbons (Fsp3) is 0.184. The van der Waals surface area contributed by atoms with Gasteiger partial charge in [-0.2, -0.15) is 0 Å². The highest BCUT2D eigenvalue weighted by Gasteiger charge is 2.35. The van der Waals surface area contributed by atoms with Crippen LogP contribution in [-0.4, -0.2) is 30.9 Å². The zero-order chi connectivity index (χ0) is 33.6. The smallest absolute Gasteiger partial charge is 0.338 e. The predicted molar refractivity (Wildman–Crippen MR) is 190 cm³/mol. The zero-order valence-corrected chi connectivity index (χ0v) is 29.0. The number of ether oxygens (including phenoxy) is 4. The molecule has 2 heterocycles. The van der Waals surface area contributed by atoms with Crippen molar-refractivity contribution in [2.24, 2.45) is 4.99 Å². The van der Waals surface area contributed by atoms with Crippen LogP contribution in [0.25, 0.3) is 11.8 Å². The minimum atomic E-state index is -0.781. The Balaban J connectivity index is 1.47. The Morgan fingerprint density at radius 2 is 1.67 bits per heavy atom. The van der Waals surface area contributed by atoms with Crippen molar-refractivity contribution in [3.8, 4) is 17.2 Å². The Hall–Kier alpha value is -4.93. The van der Waals surface area contributed by atoms with Crippen molar-refractivity contribution in [2.75, 3.05) is 20.3 Å².